The molecule has 0 aliphatic heterocycles. The summed E-state index contributed by atoms with van der Waals surface area (Å²) in [7, 11) is 1.97. The summed E-state index contributed by atoms with van der Waals surface area (Å²) in [5.41, 5.74) is 0.963. The van der Waals surface area contributed by atoms with Crippen LogP contribution in [0.25, 0.3) is 11.5 Å². The number of imidazole rings is 1. The Balaban J connectivity index is 2.50. The summed E-state index contributed by atoms with van der Waals surface area (Å²) in [4.78, 5) is 8.56. The summed E-state index contributed by atoms with van der Waals surface area (Å²) >= 11 is 1.65. The van der Waals surface area contributed by atoms with Gasteiger partial charge in [-0.25, -0.2) is 9.97 Å². The van der Waals surface area contributed by atoms with Gasteiger partial charge >= 0.3 is 0 Å². The van der Waals surface area contributed by atoms with E-state index in [2.05, 4.69) is 9.97 Å². The van der Waals surface area contributed by atoms with Gasteiger partial charge in [0.15, 0.2) is 5.82 Å². The van der Waals surface area contributed by atoms with Crippen molar-refractivity contribution >= 4 is 11.3 Å². The highest BCUT2D eigenvalue weighted by molar-refractivity contribution is 7.09. The molecule has 12 heavy (non-hydrogen) atoms. The molecule has 0 fully saturated rings. The molecule has 2 aromatic heterocycles. The zero-order chi connectivity index (χ0) is 8.55. The van der Waals surface area contributed by atoms with Crippen LogP contribution in [0.15, 0.2) is 17.8 Å². The first kappa shape index (κ1) is 7.49. The van der Waals surface area contributed by atoms with Gasteiger partial charge < -0.3 is 4.57 Å². The summed E-state index contributed by atoms with van der Waals surface area (Å²) in [6.07, 6.45) is 3.70. The molecule has 2 heterocycles. The van der Waals surface area contributed by atoms with Crippen molar-refractivity contribution < 1.29 is 0 Å². The van der Waals surface area contributed by atoms with Crippen LogP contribution in [0.4, 0.5) is 0 Å². The van der Waals surface area contributed by atoms with E-state index in [0.29, 0.717) is 0 Å². The third kappa shape index (κ3) is 1.14. The van der Waals surface area contributed by atoms with Crippen molar-refractivity contribution in [3.63, 3.8) is 0 Å². The fraction of sp³-hybridized carbons (Fsp3) is 0.250. The zero-order valence-electron chi connectivity index (χ0n) is 6.98. The lowest BCUT2D eigenvalue weighted by Crippen LogP contribution is -1.90. The van der Waals surface area contributed by atoms with Gasteiger partial charge in [-0.1, -0.05) is 0 Å². The lowest BCUT2D eigenvalue weighted by molar-refractivity contribution is 0.918. The van der Waals surface area contributed by atoms with Gasteiger partial charge in [-0.3, -0.25) is 0 Å². The molecule has 0 aromatic carbocycles. The lowest BCUT2D eigenvalue weighted by atomic mass is 10.4. The first-order valence-corrected chi connectivity index (χ1v) is 4.55. The molecule has 0 saturated heterocycles. The van der Waals surface area contributed by atoms with E-state index in [1.807, 2.05) is 30.1 Å². The maximum Gasteiger partial charge on any atom is 0.159 e. The second-order valence-electron chi connectivity index (χ2n) is 2.61. The van der Waals surface area contributed by atoms with Gasteiger partial charge in [0.25, 0.3) is 0 Å². The maximum atomic E-state index is 4.35. The van der Waals surface area contributed by atoms with Crippen LogP contribution in [0.3, 0.4) is 0 Å². The highest BCUT2D eigenvalue weighted by Crippen LogP contribution is 2.18. The normalized spacial score (nSPS) is 10.5. The van der Waals surface area contributed by atoms with Crippen LogP contribution in [0.2, 0.25) is 0 Å². The smallest absolute Gasteiger partial charge is 0.159 e. The number of rotatable bonds is 1. The average Bonchev–Trinajstić information content (AvgIpc) is 2.58. The second-order valence-corrected chi connectivity index (χ2v) is 3.68. The van der Waals surface area contributed by atoms with Crippen molar-refractivity contribution in [2.45, 2.75) is 6.92 Å². The molecule has 0 aliphatic carbocycles. The standard InChI is InChI=1S/C8H9N3S/c1-6-10-7(5-12-6)8-9-3-4-11(8)2/h3-5H,1-2H3. The Hall–Kier alpha value is -1.16. The van der Waals surface area contributed by atoms with Crippen LogP contribution in [0, 0.1) is 6.92 Å². The van der Waals surface area contributed by atoms with E-state index in [9.17, 15) is 0 Å². The Labute approximate surface area is 74.7 Å². The summed E-state index contributed by atoms with van der Waals surface area (Å²) in [6, 6.07) is 0. The van der Waals surface area contributed by atoms with Gasteiger partial charge in [0.05, 0.1) is 5.01 Å². The Bertz CT molecular complexity index is 388. The van der Waals surface area contributed by atoms with Gasteiger partial charge in [0, 0.05) is 24.8 Å². The highest BCUT2D eigenvalue weighted by Gasteiger charge is 2.05. The first-order valence-electron chi connectivity index (χ1n) is 3.67. The Kier molecular flexibility index (Phi) is 1.69. The molecule has 0 spiro atoms. The topological polar surface area (TPSA) is 30.7 Å². The Morgan fingerprint density at radius 1 is 1.50 bits per heavy atom. The Morgan fingerprint density at radius 2 is 2.33 bits per heavy atom. The zero-order valence-corrected chi connectivity index (χ0v) is 7.80. The molecule has 4 heteroatoms. The molecule has 0 radical (unpaired) electrons. The minimum absolute atomic E-state index is 0.930. The number of hydrogen-bond acceptors (Lipinski definition) is 3. The number of nitrogens with zero attached hydrogens (tertiary/aromatic N) is 3. The summed E-state index contributed by atoms with van der Waals surface area (Å²) < 4.78 is 1.97. The predicted molar refractivity (Wildman–Crippen MR) is 49.1 cm³/mol. The van der Waals surface area contributed by atoms with Crippen LogP contribution < -0.4 is 0 Å². The fourth-order valence-corrected chi connectivity index (χ4v) is 1.67. The van der Waals surface area contributed by atoms with E-state index >= 15 is 0 Å². The molecule has 0 atom stereocenters. The molecule has 0 amide bonds. The van der Waals surface area contributed by atoms with Crippen LogP contribution in [-0.4, -0.2) is 14.5 Å². The fourth-order valence-electron chi connectivity index (χ4n) is 1.08. The van der Waals surface area contributed by atoms with Crippen LogP contribution in [0.5, 0.6) is 0 Å². The van der Waals surface area contributed by atoms with Crippen LogP contribution in [0.1, 0.15) is 5.01 Å². The third-order valence-electron chi connectivity index (χ3n) is 1.67. The van der Waals surface area contributed by atoms with E-state index in [0.717, 1.165) is 16.5 Å². The van der Waals surface area contributed by atoms with Gasteiger partial charge in [0.1, 0.15) is 5.69 Å². The molecule has 62 valence electrons. The number of hydrogen-bond donors (Lipinski definition) is 0. The monoisotopic (exact) mass is 179 g/mol. The first-order chi connectivity index (χ1) is 5.77. The van der Waals surface area contributed by atoms with Crippen molar-refractivity contribution in [1.82, 2.24) is 14.5 Å². The lowest BCUT2D eigenvalue weighted by Gasteiger charge is -1.94. The molecular weight excluding hydrogens is 170 g/mol. The summed E-state index contributed by atoms with van der Waals surface area (Å²) in [5, 5.41) is 3.10. The molecule has 0 N–H and O–H groups in total. The molecule has 3 nitrogen and oxygen atoms in total. The number of thiazole rings is 1. The van der Waals surface area contributed by atoms with Gasteiger partial charge in [-0.05, 0) is 6.92 Å². The molecule has 2 aromatic rings. The van der Waals surface area contributed by atoms with Crippen molar-refractivity contribution in [2.75, 3.05) is 0 Å². The number of aryl methyl sites for hydroxylation is 2. The van der Waals surface area contributed by atoms with E-state index in [1.54, 1.807) is 17.5 Å². The van der Waals surface area contributed by atoms with Gasteiger partial charge in [0.2, 0.25) is 0 Å². The highest BCUT2D eigenvalue weighted by atomic mass is 32.1. The molecule has 2 rings (SSSR count). The molecule has 0 aliphatic rings. The van der Waals surface area contributed by atoms with E-state index in [-0.39, 0.29) is 0 Å². The minimum Gasteiger partial charge on any atom is -0.333 e. The third-order valence-corrected chi connectivity index (χ3v) is 2.44. The number of aromatic nitrogens is 3. The minimum atomic E-state index is 0.930. The van der Waals surface area contributed by atoms with Crippen molar-refractivity contribution in [3.8, 4) is 11.5 Å². The average molecular weight is 179 g/mol. The van der Waals surface area contributed by atoms with E-state index in [1.165, 1.54) is 0 Å². The molecule has 0 saturated carbocycles. The van der Waals surface area contributed by atoms with Gasteiger partial charge in [-0.2, -0.15) is 0 Å². The van der Waals surface area contributed by atoms with E-state index in [4.69, 9.17) is 0 Å². The Morgan fingerprint density at radius 3 is 2.83 bits per heavy atom. The molecule has 0 unspecified atom stereocenters. The second kappa shape index (κ2) is 2.71. The summed E-state index contributed by atoms with van der Waals surface area (Å²) in [6.45, 7) is 2.00. The van der Waals surface area contributed by atoms with Crippen LogP contribution in [-0.2, 0) is 7.05 Å². The summed E-state index contributed by atoms with van der Waals surface area (Å²) in [5.74, 6) is 0.930. The van der Waals surface area contributed by atoms with E-state index < -0.39 is 0 Å². The molecular formula is C8H9N3S. The SMILES string of the molecule is Cc1nc(-c2nccn2C)cs1. The predicted octanol–water partition coefficient (Wildman–Crippen LogP) is 1.85. The van der Waals surface area contributed by atoms with Crippen molar-refractivity contribution in [2.24, 2.45) is 7.05 Å². The van der Waals surface area contributed by atoms with Crippen molar-refractivity contribution in [3.05, 3.63) is 22.8 Å². The largest absolute Gasteiger partial charge is 0.333 e. The van der Waals surface area contributed by atoms with Crippen molar-refractivity contribution in [1.29, 1.82) is 0 Å². The van der Waals surface area contributed by atoms with Gasteiger partial charge in [-0.15, -0.1) is 11.3 Å². The maximum absolute atomic E-state index is 4.35. The quantitative estimate of drug-likeness (QED) is 0.669. The molecule has 0 bridgehead atoms. The van der Waals surface area contributed by atoms with Crippen LogP contribution >= 0.6 is 11.3 Å².